The summed E-state index contributed by atoms with van der Waals surface area (Å²) in [6.07, 6.45) is 1.03. The fourth-order valence-corrected chi connectivity index (χ4v) is 1.46. The van der Waals surface area contributed by atoms with Gasteiger partial charge >= 0.3 is 5.97 Å². The van der Waals surface area contributed by atoms with Gasteiger partial charge in [-0.2, -0.15) is 0 Å². The highest BCUT2D eigenvalue weighted by Crippen LogP contribution is 2.21. The van der Waals surface area contributed by atoms with Crippen molar-refractivity contribution in [3.63, 3.8) is 0 Å². The lowest BCUT2D eigenvalue weighted by Crippen LogP contribution is -2.01. The predicted octanol–water partition coefficient (Wildman–Crippen LogP) is 2.57. The Balaban J connectivity index is 2.21. The number of rotatable bonds is 4. The zero-order valence-electron chi connectivity index (χ0n) is 9.91. The van der Waals surface area contributed by atoms with Crippen LogP contribution in [0.3, 0.4) is 0 Å². The van der Waals surface area contributed by atoms with Gasteiger partial charge in [-0.25, -0.2) is 14.2 Å². The Labute approximate surface area is 111 Å². The van der Waals surface area contributed by atoms with Crippen molar-refractivity contribution < 1.29 is 19.2 Å². The maximum Gasteiger partial charge on any atom is 0.335 e. The van der Waals surface area contributed by atoms with E-state index in [0.29, 0.717) is 0 Å². The summed E-state index contributed by atoms with van der Waals surface area (Å²) in [5.74, 6) is -1.79. The van der Waals surface area contributed by atoms with Crippen LogP contribution in [0.5, 0.6) is 0 Å². The number of anilines is 2. The summed E-state index contributed by atoms with van der Waals surface area (Å²) in [6.45, 7) is 0. The largest absolute Gasteiger partial charge is 0.478 e. The fourth-order valence-electron chi connectivity index (χ4n) is 1.46. The minimum Gasteiger partial charge on any atom is -0.478 e. The van der Waals surface area contributed by atoms with E-state index in [2.05, 4.69) is 10.3 Å². The van der Waals surface area contributed by atoms with Gasteiger partial charge in [0, 0.05) is 6.07 Å². The van der Waals surface area contributed by atoms with Crippen LogP contribution in [0, 0.1) is 15.9 Å². The molecule has 0 saturated heterocycles. The molecule has 1 aromatic heterocycles. The van der Waals surface area contributed by atoms with Gasteiger partial charge < -0.3 is 10.4 Å². The van der Waals surface area contributed by atoms with E-state index < -0.39 is 16.7 Å². The molecule has 0 aliphatic carbocycles. The number of aromatic carboxylic acids is 1. The molecule has 102 valence electrons. The van der Waals surface area contributed by atoms with Crippen molar-refractivity contribution in [3.8, 4) is 0 Å². The third kappa shape index (κ3) is 2.86. The van der Waals surface area contributed by atoms with Crippen molar-refractivity contribution in [1.29, 1.82) is 0 Å². The summed E-state index contributed by atoms with van der Waals surface area (Å²) in [5.41, 5.74) is -0.335. The Bertz CT molecular complexity index is 673. The van der Waals surface area contributed by atoms with Crippen molar-refractivity contribution >= 4 is 23.2 Å². The summed E-state index contributed by atoms with van der Waals surface area (Å²) < 4.78 is 13.6. The van der Waals surface area contributed by atoms with Crippen LogP contribution in [0.25, 0.3) is 0 Å². The van der Waals surface area contributed by atoms with Crippen molar-refractivity contribution in [3.05, 3.63) is 58.0 Å². The summed E-state index contributed by atoms with van der Waals surface area (Å²) in [4.78, 5) is 24.3. The molecular weight excluding hydrogens is 269 g/mol. The number of carboxylic acid groups (broad SMARTS) is 1. The molecule has 20 heavy (non-hydrogen) atoms. The molecule has 0 saturated carbocycles. The number of carbonyl (C=O) groups is 1. The highest BCUT2D eigenvalue weighted by Gasteiger charge is 2.10. The van der Waals surface area contributed by atoms with Crippen LogP contribution in [0.1, 0.15) is 10.4 Å². The molecule has 0 aliphatic rings. The molecule has 2 rings (SSSR count). The number of pyridine rings is 1. The van der Waals surface area contributed by atoms with Gasteiger partial charge in [0.1, 0.15) is 17.8 Å². The Kier molecular flexibility index (Phi) is 3.56. The van der Waals surface area contributed by atoms with E-state index in [0.717, 1.165) is 12.3 Å². The van der Waals surface area contributed by atoms with Crippen molar-refractivity contribution in [1.82, 2.24) is 4.98 Å². The smallest absolute Gasteiger partial charge is 0.335 e. The van der Waals surface area contributed by atoms with E-state index in [9.17, 15) is 19.3 Å². The van der Waals surface area contributed by atoms with Gasteiger partial charge in [-0.1, -0.05) is 0 Å². The normalized spacial score (nSPS) is 10.1. The molecule has 2 N–H and O–H groups in total. The molecule has 0 unspecified atom stereocenters. The van der Waals surface area contributed by atoms with Crippen LogP contribution in [0.2, 0.25) is 0 Å². The average molecular weight is 277 g/mol. The van der Waals surface area contributed by atoms with Gasteiger partial charge in [0.15, 0.2) is 0 Å². The molecule has 1 heterocycles. The second-order valence-corrected chi connectivity index (χ2v) is 3.78. The molecule has 1 aromatic carbocycles. The molecule has 0 fully saturated rings. The number of aromatic nitrogens is 1. The number of hydrogen-bond acceptors (Lipinski definition) is 5. The monoisotopic (exact) mass is 277 g/mol. The standard InChI is InChI=1S/C12H8FN3O4/c13-9-5-7(12(17)18)1-3-10(9)15-11-4-2-8(6-14-11)16(19)20/h1-6H,(H,14,15)(H,17,18). The van der Waals surface area contributed by atoms with Gasteiger partial charge in [-0.05, 0) is 24.3 Å². The number of carboxylic acids is 1. The number of nitro groups is 1. The highest BCUT2D eigenvalue weighted by atomic mass is 19.1. The zero-order valence-corrected chi connectivity index (χ0v) is 9.91. The molecular formula is C12H8FN3O4. The fraction of sp³-hybridized carbons (Fsp3) is 0. The zero-order chi connectivity index (χ0) is 14.7. The maximum absolute atomic E-state index is 13.6. The Hall–Kier alpha value is -3.03. The molecule has 0 aliphatic heterocycles. The number of benzene rings is 1. The predicted molar refractivity (Wildman–Crippen MR) is 67.5 cm³/mol. The van der Waals surface area contributed by atoms with E-state index in [1.165, 1.54) is 24.3 Å². The molecule has 0 atom stereocenters. The van der Waals surface area contributed by atoms with Crippen LogP contribution in [-0.4, -0.2) is 21.0 Å². The van der Waals surface area contributed by atoms with Crippen molar-refractivity contribution in [2.75, 3.05) is 5.32 Å². The first-order chi connectivity index (χ1) is 9.47. The molecule has 0 spiro atoms. The van der Waals surface area contributed by atoms with Crippen molar-refractivity contribution in [2.24, 2.45) is 0 Å². The third-order valence-electron chi connectivity index (χ3n) is 2.44. The van der Waals surface area contributed by atoms with E-state index in [1.807, 2.05) is 0 Å². The van der Waals surface area contributed by atoms with Crippen LogP contribution in [0.4, 0.5) is 21.6 Å². The molecule has 2 aromatic rings. The Morgan fingerprint density at radius 2 is 2.10 bits per heavy atom. The van der Waals surface area contributed by atoms with Gasteiger partial charge in [0.2, 0.25) is 0 Å². The summed E-state index contributed by atoms with van der Waals surface area (Å²) >= 11 is 0. The average Bonchev–Trinajstić information content (AvgIpc) is 2.41. The minimum atomic E-state index is -1.23. The second-order valence-electron chi connectivity index (χ2n) is 3.78. The molecule has 7 nitrogen and oxygen atoms in total. The summed E-state index contributed by atoms with van der Waals surface area (Å²) in [5, 5.41) is 21.8. The van der Waals surface area contributed by atoms with Crippen molar-refractivity contribution in [2.45, 2.75) is 0 Å². The lowest BCUT2D eigenvalue weighted by Gasteiger charge is -2.07. The van der Waals surface area contributed by atoms with E-state index in [4.69, 9.17) is 5.11 Å². The highest BCUT2D eigenvalue weighted by molar-refractivity contribution is 5.88. The molecule has 0 amide bonds. The molecule has 0 radical (unpaired) electrons. The van der Waals surface area contributed by atoms with Gasteiger partial charge in [-0.15, -0.1) is 0 Å². The number of nitrogens with zero attached hydrogens (tertiary/aromatic N) is 2. The van der Waals surface area contributed by atoms with Crippen LogP contribution < -0.4 is 5.32 Å². The topological polar surface area (TPSA) is 105 Å². The van der Waals surface area contributed by atoms with E-state index >= 15 is 0 Å². The lowest BCUT2D eigenvalue weighted by molar-refractivity contribution is -0.385. The first-order valence-electron chi connectivity index (χ1n) is 5.37. The van der Waals surface area contributed by atoms with Gasteiger partial charge in [0.05, 0.1) is 16.2 Å². The number of nitrogens with one attached hydrogen (secondary N) is 1. The third-order valence-corrected chi connectivity index (χ3v) is 2.44. The summed E-state index contributed by atoms with van der Waals surface area (Å²) in [6, 6.07) is 5.90. The second kappa shape index (κ2) is 5.31. The first-order valence-corrected chi connectivity index (χ1v) is 5.37. The molecule has 8 heteroatoms. The maximum atomic E-state index is 13.6. The number of halogens is 1. The van der Waals surface area contributed by atoms with Gasteiger partial charge in [-0.3, -0.25) is 10.1 Å². The SMILES string of the molecule is O=C(O)c1ccc(Nc2ccc([N+](=O)[O-])cn2)c(F)c1. The quantitative estimate of drug-likeness (QED) is 0.657. The van der Waals surface area contributed by atoms with E-state index in [1.54, 1.807) is 0 Å². The minimum absolute atomic E-state index is 0.0244. The van der Waals surface area contributed by atoms with Crippen LogP contribution >= 0.6 is 0 Å². The lowest BCUT2D eigenvalue weighted by atomic mass is 10.2. The summed E-state index contributed by atoms with van der Waals surface area (Å²) in [7, 11) is 0. The Morgan fingerprint density at radius 1 is 1.35 bits per heavy atom. The van der Waals surface area contributed by atoms with Crippen LogP contribution in [0.15, 0.2) is 36.5 Å². The van der Waals surface area contributed by atoms with Crippen LogP contribution in [-0.2, 0) is 0 Å². The van der Waals surface area contributed by atoms with Gasteiger partial charge in [0.25, 0.3) is 5.69 Å². The number of hydrogen-bond donors (Lipinski definition) is 2. The Morgan fingerprint density at radius 3 is 2.60 bits per heavy atom. The molecule has 0 bridgehead atoms. The first kappa shape index (κ1) is 13.4. The van der Waals surface area contributed by atoms with E-state index in [-0.39, 0.29) is 22.8 Å².